The standard InChI is InChI=1S/C21H27NO.C20H25NO2.C20H25NO.C20H25N.C10H17N.C2H6.CO2/c1-4-17-11-16-5-6-20(17)22(12-16)8-7-18-13-23-21-10-15(3)14(2)9-19(18)21;1-3-15-11-14-7-8-17(15)21(12-14)10-9-16-13-23-19-6-4-5-18(22-2)20(16)19;1-3-16-11-15-7-8-19(16)21(12-15)10-9-17-13-22-20-14(2)5-4-6-18(17)20;1-2-16-13-15-7-10-20(16)21(14-15)12-11-18-9-8-17-5-3-4-6-19(17)18;1-3-9-6-8-4-5-10(9)11(2)7-8;1-2;2-1-3/h5-6,9-10,13,16-17,20H,4,7-8,11-12H2,1-3H3;4-8,13-15,17H,3,9-12H2,1-2H3;4-8,13,15-16,19H,3,9-12H2,1-2H3;3-7,9-10,15-16,20H,2,8,11-14H2,1H3;4-5,8-10H,3,6-7H2,1-2H3;1-2H3;. The molecule has 3 aromatic heterocycles. The molecule has 10 bridgehead atoms. The van der Waals surface area contributed by atoms with Gasteiger partial charge in [0.1, 0.15) is 22.5 Å². The summed E-state index contributed by atoms with van der Waals surface area (Å²) in [5.74, 6) is 9.24. The van der Waals surface area contributed by atoms with Gasteiger partial charge in [0.05, 0.1) is 31.3 Å². The Morgan fingerprint density at radius 2 is 0.876 bits per heavy atom. The molecule has 15 unspecified atom stereocenters. The summed E-state index contributed by atoms with van der Waals surface area (Å²) in [5, 5.41) is 3.74. The van der Waals surface area contributed by atoms with E-state index in [1.165, 1.54) is 165 Å². The van der Waals surface area contributed by atoms with E-state index in [1.54, 1.807) is 12.7 Å². The average molecular weight is 1420 g/mol. The first-order valence-electron chi connectivity index (χ1n) is 41.1. The van der Waals surface area contributed by atoms with Crippen LogP contribution in [0, 0.1) is 80.0 Å². The molecule has 4 aromatic carbocycles. The van der Waals surface area contributed by atoms with Gasteiger partial charge in [-0.25, -0.2) is 0 Å². The summed E-state index contributed by atoms with van der Waals surface area (Å²) in [6.45, 7) is 33.0. The highest BCUT2D eigenvalue weighted by atomic mass is 16.5. The molecular formula is C94H125N5O6. The van der Waals surface area contributed by atoms with Crippen LogP contribution < -0.4 is 4.74 Å². The zero-order valence-corrected chi connectivity index (χ0v) is 65.8. The van der Waals surface area contributed by atoms with Crippen LogP contribution in [0.4, 0.5) is 0 Å². The van der Waals surface area contributed by atoms with Crippen molar-refractivity contribution in [2.24, 2.45) is 59.2 Å². The predicted molar refractivity (Wildman–Crippen MR) is 433 cm³/mol. The van der Waals surface area contributed by atoms with Crippen LogP contribution in [0.25, 0.3) is 38.5 Å². The topological polar surface area (TPSA) is 99.0 Å². The minimum absolute atomic E-state index is 0.250. The molecule has 0 saturated carbocycles. The van der Waals surface area contributed by atoms with Gasteiger partial charge in [0.15, 0.2) is 0 Å². The first-order valence-corrected chi connectivity index (χ1v) is 41.1. The summed E-state index contributed by atoms with van der Waals surface area (Å²) >= 11 is 0. The maximum absolute atomic E-state index is 8.12. The van der Waals surface area contributed by atoms with Crippen LogP contribution in [0.1, 0.15) is 164 Å². The fourth-order valence-electron chi connectivity index (χ4n) is 20.3. The van der Waals surface area contributed by atoms with Gasteiger partial charge in [-0.15, -0.1) is 0 Å². The Labute approximate surface area is 629 Å². The molecular weight excluding hydrogens is 1300 g/mol. The molecule has 23 rings (SSSR count). The first kappa shape index (κ1) is 77.5. The Hall–Kier alpha value is -7.08. The number of carbonyl (C=O) groups excluding carboxylic acids is 2. The number of piperidine rings is 5. The van der Waals surface area contributed by atoms with E-state index in [2.05, 4.69) is 208 Å². The molecule has 10 aliphatic heterocycles. The third kappa shape index (κ3) is 17.9. The average Bonchev–Trinajstić information content (AvgIpc) is 1.22. The zero-order chi connectivity index (χ0) is 73.7. The van der Waals surface area contributed by atoms with Crippen molar-refractivity contribution >= 4 is 44.6 Å². The van der Waals surface area contributed by atoms with Gasteiger partial charge in [0, 0.05) is 105 Å². The molecule has 13 heterocycles. The summed E-state index contributed by atoms with van der Waals surface area (Å²) in [5.41, 5.74) is 15.5. The molecule has 105 heavy (non-hydrogen) atoms. The van der Waals surface area contributed by atoms with Crippen LogP contribution in [0.3, 0.4) is 0 Å². The monoisotopic (exact) mass is 1420 g/mol. The van der Waals surface area contributed by atoms with E-state index in [0.29, 0.717) is 24.2 Å². The van der Waals surface area contributed by atoms with Crippen LogP contribution in [0.2, 0.25) is 0 Å². The highest BCUT2D eigenvalue weighted by Crippen LogP contribution is 2.43. The van der Waals surface area contributed by atoms with E-state index in [9.17, 15) is 0 Å². The lowest BCUT2D eigenvalue weighted by Gasteiger charge is -2.46. The molecule has 562 valence electrons. The molecule has 11 nitrogen and oxygen atoms in total. The fourth-order valence-corrected chi connectivity index (χ4v) is 20.3. The first-order chi connectivity index (χ1) is 51.3. The van der Waals surface area contributed by atoms with Crippen LogP contribution >= 0.6 is 0 Å². The normalized spacial score (nSPS) is 28.5. The Kier molecular flexibility index (Phi) is 27.1. The Morgan fingerprint density at radius 3 is 1.36 bits per heavy atom. The number of rotatable bonds is 18. The van der Waals surface area contributed by atoms with Crippen molar-refractivity contribution in [2.75, 3.05) is 73.1 Å². The van der Waals surface area contributed by atoms with E-state index in [-0.39, 0.29) is 6.15 Å². The fraction of sp³-hybridized carbons (Fsp3) is 0.543. The number of fused-ring (bicyclic) bond motifs is 14. The number of para-hydroxylation sites is 1. The number of aryl methyl sites for hydroxylation is 3. The summed E-state index contributed by atoms with van der Waals surface area (Å²) < 4.78 is 22.8. The molecule has 0 spiro atoms. The number of benzene rings is 4. The minimum atomic E-state index is 0.250. The molecule has 0 radical (unpaired) electrons. The van der Waals surface area contributed by atoms with Gasteiger partial charge < -0.3 is 18.0 Å². The number of nitrogens with zero attached hydrogens (tertiary/aromatic N) is 5. The number of hydrogen-bond acceptors (Lipinski definition) is 11. The van der Waals surface area contributed by atoms with Crippen LogP contribution in [-0.2, 0) is 35.3 Å². The minimum Gasteiger partial charge on any atom is -0.496 e. The molecule has 5 fully saturated rings. The van der Waals surface area contributed by atoms with Crippen molar-refractivity contribution < 1.29 is 27.6 Å². The van der Waals surface area contributed by atoms with Crippen molar-refractivity contribution in [3.8, 4) is 5.75 Å². The van der Waals surface area contributed by atoms with Gasteiger partial charge in [0.25, 0.3) is 0 Å². The number of likely N-dealkylation sites (N-methyl/N-ethyl adjacent to an activating group) is 1. The van der Waals surface area contributed by atoms with Crippen molar-refractivity contribution in [1.82, 2.24) is 24.5 Å². The SMILES string of the molecule is CC.CCC1CC2C=CC1N(C)C2.CCC1CC2C=CC1N(CCC1=CCc3ccccc31)C2.CCC1CC2C=CC1N(CCc1coc3c(C)cccc13)C2.CCC1CC2C=CC1N(CCc1coc3cc(C)c(C)cc13)C2.CCC1CC2C=CC1N(CCc1coc3cccc(OC)c13)C2.O=C=O. The van der Waals surface area contributed by atoms with Crippen molar-refractivity contribution in [2.45, 2.75) is 196 Å². The lowest BCUT2D eigenvalue weighted by Crippen LogP contribution is -2.50. The Balaban J connectivity index is 0.000000123. The van der Waals surface area contributed by atoms with Crippen LogP contribution in [-0.4, -0.2) is 134 Å². The van der Waals surface area contributed by atoms with Gasteiger partial charge in [0.2, 0.25) is 0 Å². The van der Waals surface area contributed by atoms with Crippen LogP contribution in [0.15, 0.2) is 172 Å². The number of furan rings is 3. The summed E-state index contributed by atoms with van der Waals surface area (Å²) in [4.78, 5) is 29.5. The maximum Gasteiger partial charge on any atom is 0.373 e. The van der Waals surface area contributed by atoms with Gasteiger partial charge in [-0.05, 0) is 220 Å². The number of allylic oxidation sites excluding steroid dienone is 1. The predicted octanol–water partition coefficient (Wildman–Crippen LogP) is 20.4. The molecule has 16 aliphatic rings. The lowest BCUT2D eigenvalue weighted by atomic mass is 9.76. The van der Waals surface area contributed by atoms with Gasteiger partial charge in [-0.3, -0.25) is 24.5 Å². The number of hydrogen-bond donors (Lipinski definition) is 0. The number of methoxy groups -OCH3 is 1. The highest BCUT2D eigenvalue weighted by molar-refractivity contribution is 5.88. The quantitative estimate of drug-likeness (QED) is 0.0768. The van der Waals surface area contributed by atoms with Gasteiger partial charge >= 0.3 is 6.15 Å². The van der Waals surface area contributed by atoms with Crippen LogP contribution in [0.5, 0.6) is 5.75 Å². The second kappa shape index (κ2) is 36.7. The third-order valence-corrected chi connectivity index (χ3v) is 26.2. The Bertz CT molecular complexity index is 4190. The van der Waals surface area contributed by atoms with E-state index in [4.69, 9.17) is 27.6 Å². The van der Waals surface area contributed by atoms with Gasteiger partial charge in [-0.1, -0.05) is 196 Å². The van der Waals surface area contributed by atoms with E-state index in [0.717, 1.165) is 138 Å². The van der Waals surface area contributed by atoms with E-state index in [1.807, 2.05) is 50.8 Å². The van der Waals surface area contributed by atoms with E-state index < -0.39 is 0 Å². The lowest BCUT2D eigenvalue weighted by molar-refractivity contribution is -0.191. The summed E-state index contributed by atoms with van der Waals surface area (Å²) in [6.07, 6.45) is 52.1. The zero-order valence-electron chi connectivity index (χ0n) is 65.8. The molecule has 0 amide bonds. The highest BCUT2D eigenvalue weighted by Gasteiger charge is 2.40. The third-order valence-electron chi connectivity index (χ3n) is 26.2. The molecule has 7 aromatic rings. The smallest absolute Gasteiger partial charge is 0.373 e. The molecule has 11 heteroatoms. The second-order valence-corrected chi connectivity index (χ2v) is 32.3. The number of ether oxygens (including phenoxy) is 1. The summed E-state index contributed by atoms with van der Waals surface area (Å²) in [6, 6.07) is 29.2. The molecule has 0 N–H and O–H groups in total. The summed E-state index contributed by atoms with van der Waals surface area (Å²) in [7, 11) is 3.98. The molecule has 5 saturated heterocycles. The molecule has 15 atom stereocenters. The maximum atomic E-state index is 8.12. The van der Waals surface area contributed by atoms with E-state index >= 15 is 0 Å². The molecule has 6 aliphatic carbocycles. The largest absolute Gasteiger partial charge is 0.496 e. The Morgan fingerprint density at radius 1 is 0.448 bits per heavy atom. The van der Waals surface area contributed by atoms with Crippen molar-refractivity contribution in [3.63, 3.8) is 0 Å². The van der Waals surface area contributed by atoms with Crippen molar-refractivity contribution in [1.29, 1.82) is 0 Å². The van der Waals surface area contributed by atoms with Crippen molar-refractivity contribution in [3.05, 3.63) is 203 Å². The van der Waals surface area contributed by atoms with Gasteiger partial charge in [-0.2, -0.15) is 9.59 Å². The second-order valence-electron chi connectivity index (χ2n) is 32.3.